The molecule has 1 saturated heterocycles. The van der Waals surface area contributed by atoms with Crippen molar-refractivity contribution >= 4 is 33.9 Å². The van der Waals surface area contributed by atoms with E-state index in [0.717, 1.165) is 0 Å². The Labute approximate surface area is 194 Å². The molecule has 1 atom stereocenters. The van der Waals surface area contributed by atoms with Crippen LogP contribution in [0.2, 0.25) is 0 Å². The van der Waals surface area contributed by atoms with E-state index in [9.17, 15) is 19.8 Å². The molecule has 2 heterocycles. The summed E-state index contributed by atoms with van der Waals surface area (Å²) in [5.74, 6) is -1.18. The first-order valence-electron chi connectivity index (χ1n) is 10.4. The Morgan fingerprint density at radius 2 is 1.82 bits per heavy atom. The topological polar surface area (TPSA) is 109 Å². The van der Waals surface area contributed by atoms with Crippen molar-refractivity contribution in [3.63, 3.8) is 0 Å². The number of anilines is 1. The first-order chi connectivity index (χ1) is 16.0. The number of carbonyl (C=O) groups excluding carboxylic acids is 2. The van der Waals surface area contributed by atoms with Crippen LogP contribution in [-0.4, -0.2) is 40.1 Å². The smallest absolute Gasteiger partial charge is 0.301 e. The lowest BCUT2D eigenvalue weighted by Crippen LogP contribution is -2.29. The summed E-state index contributed by atoms with van der Waals surface area (Å²) >= 11 is 1.20. The van der Waals surface area contributed by atoms with Crippen molar-refractivity contribution in [1.29, 1.82) is 0 Å². The number of phenols is 1. The fourth-order valence-corrected chi connectivity index (χ4v) is 4.35. The Bertz CT molecular complexity index is 1200. The van der Waals surface area contributed by atoms with Gasteiger partial charge in [0.25, 0.3) is 5.78 Å². The number of phenolic OH excluding ortho intramolecular Hbond substituents is 1. The largest absolute Gasteiger partial charge is 0.507 e. The number of aromatic hydroxyl groups is 1. The predicted octanol–water partition coefficient (Wildman–Crippen LogP) is 4.27. The number of aromatic nitrogens is 1. The normalized spacial score (nSPS) is 17.4. The zero-order valence-electron chi connectivity index (χ0n) is 18.0. The van der Waals surface area contributed by atoms with Crippen LogP contribution in [0.1, 0.15) is 31.0 Å². The fourth-order valence-electron chi connectivity index (χ4n) is 3.68. The molecule has 170 valence electrons. The molecular weight excluding hydrogens is 444 g/mol. The summed E-state index contributed by atoms with van der Waals surface area (Å²) in [4.78, 5) is 31.6. The number of amides is 1. The van der Waals surface area contributed by atoms with Gasteiger partial charge in [0.05, 0.1) is 24.8 Å². The second kappa shape index (κ2) is 9.33. The van der Waals surface area contributed by atoms with Crippen LogP contribution in [0.3, 0.4) is 0 Å². The molecule has 33 heavy (non-hydrogen) atoms. The minimum Gasteiger partial charge on any atom is -0.507 e. The van der Waals surface area contributed by atoms with Crippen LogP contribution in [0, 0.1) is 0 Å². The van der Waals surface area contributed by atoms with Crippen LogP contribution >= 0.6 is 11.3 Å². The molecule has 0 saturated carbocycles. The highest BCUT2D eigenvalue weighted by molar-refractivity contribution is 7.14. The summed E-state index contributed by atoms with van der Waals surface area (Å²) in [5, 5.41) is 23.3. The van der Waals surface area contributed by atoms with Gasteiger partial charge in [-0.15, -0.1) is 11.3 Å². The minimum absolute atomic E-state index is 0.0710. The lowest BCUT2D eigenvalue weighted by atomic mass is 9.95. The van der Waals surface area contributed by atoms with Crippen molar-refractivity contribution in [3.8, 4) is 17.2 Å². The third kappa shape index (κ3) is 4.14. The summed E-state index contributed by atoms with van der Waals surface area (Å²) < 4.78 is 10.9. The van der Waals surface area contributed by atoms with Crippen molar-refractivity contribution in [1.82, 2.24) is 4.98 Å². The number of hydrogen-bond acceptors (Lipinski definition) is 8. The Kier molecular flexibility index (Phi) is 6.32. The van der Waals surface area contributed by atoms with Gasteiger partial charge in [0.2, 0.25) is 0 Å². The van der Waals surface area contributed by atoms with Gasteiger partial charge in [-0.25, -0.2) is 4.98 Å². The highest BCUT2D eigenvalue weighted by Gasteiger charge is 2.48. The Morgan fingerprint density at radius 1 is 1.09 bits per heavy atom. The van der Waals surface area contributed by atoms with E-state index in [1.165, 1.54) is 28.5 Å². The molecule has 1 amide bonds. The van der Waals surface area contributed by atoms with Crippen LogP contribution < -0.4 is 14.4 Å². The highest BCUT2D eigenvalue weighted by Crippen LogP contribution is 2.44. The Balaban J connectivity index is 1.89. The van der Waals surface area contributed by atoms with Gasteiger partial charge in [0.15, 0.2) is 16.6 Å². The number of carbonyl (C=O) groups is 2. The van der Waals surface area contributed by atoms with Crippen LogP contribution in [0.25, 0.3) is 5.76 Å². The van der Waals surface area contributed by atoms with E-state index in [4.69, 9.17) is 9.47 Å². The number of aliphatic hydroxyl groups is 1. The van der Waals surface area contributed by atoms with Gasteiger partial charge in [-0.3, -0.25) is 14.5 Å². The molecule has 4 rings (SSSR count). The lowest BCUT2D eigenvalue weighted by Gasteiger charge is -2.23. The van der Waals surface area contributed by atoms with E-state index in [1.807, 2.05) is 6.92 Å². The van der Waals surface area contributed by atoms with E-state index < -0.39 is 17.7 Å². The van der Waals surface area contributed by atoms with Gasteiger partial charge >= 0.3 is 5.91 Å². The summed E-state index contributed by atoms with van der Waals surface area (Å²) in [7, 11) is 0. The van der Waals surface area contributed by atoms with Crippen LogP contribution in [-0.2, 0) is 9.59 Å². The van der Waals surface area contributed by atoms with Gasteiger partial charge in [0, 0.05) is 17.1 Å². The third-order valence-electron chi connectivity index (χ3n) is 5.11. The van der Waals surface area contributed by atoms with Crippen LogP contribution in [0.15, 0.2) is 59.6 Å². The van der Waals surface area contributed by atoms with E-state index in [1.54, 1.807) is 48.7 Å². The number of aliphatic hydroxyl groups excluding tert-OH is 1. The highest BCUT2D eigenvalue weighted by atomic mass is 32.1. The fraction of sp³-hybridized carbons (Fsp3) is 0.208. The summed E-state index contributed by atoms with van der Waals surface area (Å²) in [5.41, 5.74) is 0.773. The molecule has 3 aromatic rings. The molecule has 0 unspecified atom stereocenters. The number of thiazole rings is 1. The van der Waals surface area contributed by atoms with Crippen molar-refractivity contribution in [2.24, 2.45) is 0 Å². The molecule has 2 N–H and O–H groups in total. The molecule has 8 nitrogen and oxygen atoms in total. The number of Topliss-reactive ketones (excluding diaryl/α,β-unsaturated/α-hetero) is 1. The standard InChI is InChI=1S/C24H22N2O6S/c1-3-31-16-8-5-14(6-9-16)21(28)19-20(15-7-10-17(27)18(13-15)32-4-2)26(23(30)22(19)29)24-25-11-12-33-24/h5-13,20,27-28H,3-4H2,1-2H3/t20-/m0/s1. The monoisotopic (exact) mass is 466 g/mol. The Morgan fingerprint density at radius 3 is 2.45 bits per heavy atom. The van der Waals surface area contributed by atoms with Crippen molar-refractivity contribution < 1.29 is 29.3 Å². The molecule has 0 bridgehead atoms. The molecule has 0 spiro atoms. The second-order valence-electron chi connectivity index (χ2n) is 7.10. The van der Waals surface area contributed by atoms with Gasteiger partial charge in [0.1, 0.15) is 11.5 Å². The zero-order chi connectivity index (χ0) is 23.5. The van der Waals surface area contributed by atoms with E-state index >= 15 is 0 Å². The van der Waals surface area contributed by atoms with Crippen LogP contribution in [0.5, 0.6) is 17.2 Å². The summed E-state index contributed by atoms with van der Waals surface area (Å²) in [6.45, 7) is 4.45. The van der Waals surface area contributed by atoms with Crippen LogP contribution in [0.4, 0.5) is 5.13 Å². The predicted molar refractivity (Wildman–Crippen MR) is 124 cm³/mol. The number of ether oxygens (including phenoxy) is 2. The third-order valence-corrected chi connectivity index (χ3v) is 5.88. The molecule has 1 aromatic heterocycles. The molecule has 0 radical (unpaired) electrons. The van der Waals surface area contributed by atoms with Gasteiger partial charge in [-0.05, 0) is 55.8 Å². The SMILES string of the molecule is CCOc1ccc(C(O)=C2C(=O)C(=O)N(c3nccs3)[C@H]2c2ccc(O)c(OCC)c2)cc1. The van der Waals surface area contributed by atoms with E-state index in [0.29, 0.717) is 35.2 Å². The number of benzene rings is 2. The van der Waals surface area contributed by atoms with Crippen molar-refractivity contribution in [2.75, 3.05) is 18.1 Å². The van der Waals surface area contributed by atoms with E-state index in [2.05, 4.69) is 4.98 Å². The van der Waals surface area contributed by atoms with Gasteiger partial charge in [-0.1, -0.05) is 6.07 Å². The maximum atomic E-state index is 13.1. The minimum atomic E-state index is -0.956. The maximum absolute atomic E-state index is 13.1. The lowest BCUT2D eigenvalue weighted by molar-refractivity contribution is -0.132. The Hall–Kier alpha value is -3.85. The summed E-state index contributed by atoms with van der Waals surface area (Å²) in [6.07, 6.45) is 1.53. The number of nitrogens with zero attached hydrogens (tertiary/aromatic N) is 2. The maximum Gasteiger partial charge on any atom is 0.301 e. The summed E-state index contributed by atoms with van der Waals surface area (Å²) in [6, 6.07) is 10.2. The average molecular weight is 467 g/mol. The van der Waals surface area contributed by atoms with Gasteiger partial charge in [-0.2, -0.15) is 0 Å². The van der Waals surface area contributed by atoms with E-state index in [-0.39, 0.29) is 22.8 Å². The zero-order valence-corrected chi connectivity index (χ0v) is 18.8. The molecule has 1 aliphatic rings. The first kappa shape index (κ1) is 22.3. The molecule has 2 aromatic carbocycles. The number of ketones is 1. The average Bonchev–Trinajstić information content (AvgIpc) is 3.43. The molecule has 0 aliphatic carbocycles. The van der Waals surface area contributed by atoms with Crippen molar-refractivity contribution in [2.45, 2.75) is 19.9 Å². The molecule has 1 aliphatic heterocycles. The number of hydrogen-bond donors (Lipinski definition) is 2. The molecule has 9 heteroatoms. The number of rotatable bonds is 7. The second-order valence-corrected chi connectivity index (χ2v) is 7.97. The quantitative estimate of drug-likeness (QED) is 0.304. The molecule has 1 fully saturated rings. The van der Waals surface area contributed by atoms with Crippen molar-refractivity contribution in [3.05, 3.63) is 70.7 Å². The first-order valence-corrected chi connectivity index (χ1v) is 11.2. The molecular formula is C24H22N2O6S. The van der Waals surface area contributed by atoms with Gasteiger partial charge < -0.3 is 19.7 Å².